The molecule has 4 atom stereocenters. The fraction of sp³-hybridized carbons (Fsp3) is 0.548. The summed E-state index contributed by atoms with van der Waals surface area (Å²) in [6.07, 6.45) is 7.38. The normalized spacial score (nSPS) is 33.3. The maximum absolute atomic E-state index is 13.1. The molecular formula is C31H34N2O3. The summed E-state index contributed by atoms with van der Waals surface area (Å²) in [5.74, 6) is 2.52. The van der Waals surface area contributed by atoms with E-state index in [-0.39, 0.29) is 12.1 Å². The van der Waals surface area contributed by atoms with Gasteiger partial charge in [0.1, 0.15) is 0 Å². The minimum atomic E-state index is -0.848. The van der Waals surface area contributed by atoms with Gasteiger partial charge in [0.05, 0.1) is 29.3 Å². The molecule has 0 radical (unpaired) electrons. The van der Waals surface area contributed by atoms with Gasteiger partial charge in [-0.1, -0.05) is 17.7 Å². The molecule has 1 aromatic heterocycles. The Bertz CT molecular complexity index is 1490. The predicted molar refractivity (Wildman–Crippen MR) is 138 cm³/mol. The van der Waals surface area contributed by atoms with Gasteiger partial charge in [0.25, 0.3) is 0 Å². The first-order valence-electron chi connectivity index (χ1n) is 14.0. The Morgan fingerprint density at radius 1 is 1.17 bits per heavy atom. The van der Waals surface area contributed by atoms with Gasteiger partial charge >= 0.3 is 0 Å². The Hall–Kier alpha value is -2.50. The third-order valence-corrected chi connectivity index (χ3v) is 10.8. The van der Waals surface area contributed by atoms with Gasteiger partial charge in [-0.25, -0.2) is 0 Å². The Morgan fingerprint density at radius 2 is 2.06 bits per heavy atom. The van der Waals surface area contributed by atoms with E-state index >= 15 is 0 Å². The molecule has 0 amide bonds. The third-order valence-electron chi connectivity index (χ3n) is 10.8. The van der Waals surface area contributed by atoms with Crippen LogP contribution in [0.4, 0.5) is 0 Å². The molecule has 3 aromatic rings. The molecule has 3 aliphatic carbocycles. The van der Waals surface area contributed by atoms with Gasteiger partial charge in [-0.2, -0.15) is 0 Å². The average Bonchev–Trinajstić information content (AvgIpc) is 3.54. The van der Waals surface area contributed by atoms with Crippen LogP contribution in [-0.4, -0.2) is 46.4 Å². The molecule has 0 unspecified atom stereocenters. The van der Waals surface area contributed by atoms with E-state index < -0.39 is 11.0 Å². The SMILES string of the molecule is COc1ccc2c3c1O[C@H]1c4c(c5cc(C)cc6c5n4CCC6)C[C@@]4(O)[C@@H](C2)N(CC2CC2)CC[C@]314. The van der Waals surface area contributed by atoms with E-state index in [1.165, 1.54) is 57.3 Å². The van der Waals surface area contributed by atoms with Crippen LogP contribution in [-0.2, 0) is 31.2 Å². The van der Waals surface area contributed by atoms with Crippen LogP contribution in [0.2, 0.25) is 0 Å². The minimum Gasteiger partial charge on any atom is -0.493 e. The summed E-state index contributed by atoms with van der Waals surface area (Å²) in [5.41, 5.74) is 8.21. The highest BCUT2D eigenvalue weighted by atomic mass is 16.5. The molecule has 1 saturated heterocycles. The van der Waals surface area contributed by atoms with Crippen LogP contribution < -0.4 is 9.47 Å². The fourth-order valence-electron chi connectivity index (χ4n) is 9.23. The summed E-state index contributed by atoms with van der Waals surface area (Å²) in [4.78, 5) is 2.66. The second kappa shape index (κ2) is 6.49. The van der Waals surface area contributed by atoms with Crippen molar-refractivity contribution in [3.05, 3.63) is 57.8 Å². The van der Waals surface area contributed by atoms with E-state index in [0.29, 0.717) is 0 Å². The second-order valence-electron chi connectivity index (χ2n) is 12.5. The van der Waals surface area contributed by atoms with E-state index in [1.807, 2.05) is 0 Å². The summed E-state index contributed by atoms with van der Waals surface area (Å²) in [6, 6.07) is 9.23. The lowest BCUT2D eigenvalue weighted by atomic mass is 9.49. The number of hydrogen-bond acceptors (Lipinski definition) is 4. The smallest absolute Gasteiger partial charge is 0.166 e. The van der Waals surface area contributed by atoms with Crippen molar-refractivity contribution in [2.75, 3.05) is 20.2 Å². The highest BCUT2D eigenvalue weighted by Gasteiger charge is 2.73. The topological polar surface area (TPSA) is 46.9 Å². The Kier molecular flexibility index (Phi) is 3.70. The lowest BCUT2D eigenvalue weighted by Gasteiger charge is -2.63. The van der Waals surface area contributed by atoms with Crippen LogP contribution in [0.3, 0.4) is 0 Å². The summed E-state index contributed by atoms with van der Waals surface area (Å²) < 4.78 is 15.5. The molecule has 5 heteroatoms. The quantitative estimate of drug-likeness (QED) is 0.593. The molecule has 5 nitrogen and oxygen atoms in total. The number of aromatic nitrogens is 1. The van der Waals surface area contributed by atoms with E-state index in [4.69, 9.17) is 9.47 Å². The van der Waals surface area contributed by atoms with Gasteiger partial charge in [0.2, 0.25) is 0 Å². The van der Waals surface area contributed by atoms with Gasteiger partial charge in [-0.15, -0.1) is 0 Å². The van der Waals surface area contributed by atoms with Crippen molar-refractivity contribution in [3.8, 4) is 11.5 Å². The van der Waals surface area contributed by atoms with Gasteiger partial charge < -0.3 is 19.1 Å². The zero-order chi connectivity index (χ0) is 24.0. The number of benzene rings is 2. The Balaban J connectivity index is 1.36. The molecule has 2 fully saturated rings. The molecule has 1 saturated carbocycles. The maximum atomic E-state index is 13.1. The predicted octanol–water partition coefficient (Wildman–Crippen LogP) is 4.60. The molecule has 9 rings (SSSR count). The third kappa shape index (κ3) is 2.20. The van der Waals surface area contributed by atoms with E-state index in [1.54, 1.807) is 7.11 Å². The Morgan fingerprint density at radius 3 is 2.89 bits per heavy atom. The van der Waals surface area contributed by atoms with E-state index in [2.05, 4.69) is 40.7 Å². The molecular weight excluding hydrogens is 448 g/mol. The van der Waals surface area contributed by atoms with Gasteiger partial charge in [0, 0.05) is 36.5 Å². The molecule has 4 heterocycles. The molecule has 2 bridgehead atoms. The summed E-state index contributed by atoms with van der Waals surface area (Å²) in [5, 5.41) is 14.5. The maximum Gasteiger partial charge on any atom is 0.166 e. The molecule has 186 valence electrons. The highest BCUT2D eigenvalue weighted by Crippen LogP contribution is 2.69. The highest BCUT2D eigenvalue weighted by molar-refractivity contribution is 5.91. The number of fused-ring (bicyclic) bond motifs is 4. The van der Waals surface area contributed by atoms with Gasteiger partial charge in [-0.3, -0.25) is 4.90 Å². The fourth-order valence-corrected chi connectivity index (χ4v) is 9.23. The van der Waals surface area contributed by atoms with Crippen molar-refractivity contribution >= 4 is 10.9 Å². The first-order chi connectivity index (χ1) is 17.5. The second-order valence-corrected chi connectivity index (χ2v) is 12.5. The molecule has 1 N–H and O–H groups in total. The number of likely N-dealkylation sites (tertiary alicyclic amines) is 1. The monoisotopic (exact) mass is 482 g/mol. The van der Waals surface area contributed by atoms with Crippen LogP contribution >= 0.6 is 0 Å². The van der Waals surface area contributed by atoms with Crippen molar-refractivity contribution in [2.45, 2.75) is 81.6 Å². The molecule has 36 heavy (non-hydrogen) atoms. The number of nitrogens with zero attached hydrogens (tertiary/aromatic N) is 2. The number of ether oxygens (including phenoxy) is 2. The first-order valence-corrected chi connectivity index (χ1v) is 14.0. The lowest BCUT2D eigenvalue weighted by molar-refractivity contribution is -0.173. The van der Waals surface area contributed by atoms with Crippen LogP contribution in [0.5, 0.6) is 11.5 Å². The van der Waals surface area contributed by atoms with Crippen LogP contribution in [0.15, 0.2) is 24.3 Å². The van der Waals surface area contributed by atoms with Crippen LogP contribution in [0, 0.1) is 12.8 Å². The number of hydrogen-bond donors (Lipinski definition) is 1. The van der Waals surface area contributed by atoms with Crippen LogP contribution in [0.25, 0.3) is 10.9 Å². The van der Waals surface area contributed by atoms with Gasteiger partial charge in [-0.05, 0) is 86.7 Å². The van der Waals surface area contributed by atoms with Crippen LogP contribution in [0.1, 0.15) is 65.3 Å². The van der Waals surface area contributed by atoms with Crippen molar-refractivity contribution in [2.24, 2.45) is 5.92 Å². The summed E-state index contributed by atoms with van der Waals surface area (Å²) in [6.45, 7) is 5.43. The number of piperidine rings is 1. The molecule has 3 aliphatic heterocycles. The summed E-state index contributed by atoms with van der Waals surface area (Å²) in [7, 11) is 1.74. The van der Waals surface area contributed by atoms with Crippen molar-refractivity contribution < 1.29 is 14.6 Å². The zero-order valence-corrected chi connectivity index (χ0v) is 21.3. The van der Waals surface area contributed by atoms with Crippen molar-refractivity contribution in [1.29, 1.82) is 0 Å². The van der Waals surface area contributed by atoms with Crippen molar-refractivity contribution in [1.82, 2.24) is 9.47 Å². The molecule has 2 aromatic carbocycles. The number of rotatable bonds is 3. The Labute approximate surface area is 212 Å². The largest absolute Gasteiger partial charge is 0.493 e. The zero-order valence-electron chi connectivity index (χ0n) is 21.3. The van der Waals surface area contributed by atoms with Gasteiger partial charge in [0.15, 0.2) is 17.6 Å². The number of methoxy groups -OCH3 is 1. The summed E-state index contributed by atoms with van der Waals surface area (Å²) >= 11 is 0. The standard InChI is InChI=1S/C31H34N2O3/c1-17-12-20-4-3-10-33-26(20)21(13-17)22-15-31(34)24-14-19-7-8-23(35-2)28-25(19)30(31,29(36-28)27(22)33)9-11-32(24)16-18-5-6-18/h7-8,12-13,18,24,29,34H,3-6,9-11,14-16H2,1-2H3/t24-,29+,30+,31-/m1/s1. The van der Waals surface area contributed by atoms with Crippen molar-refractivity contribution in [3.63, 3.8) is 0 Å². The number of aryl methyl sites for hydroxylation is 3. The van der Waals surface area contributed by atoms with E-state index in [0.717, 1.165) is 69.2 Å². The average molecular weight is 483 g/mol. The number of aliphatic hydroxyl groups is 1. The molecule has 6 aliphatic rings. The molecule has 1 spiro atoms. The first kappa shape index (κ1) is 20.5. The van der Waals surface area contributed by atoms with E-state index in [9.17, 15) is 5.11 Å². The lowest BCUT2D eigenvalue weighted by Crippen LogP contribution is -2.74. The minimum absolute atomic E-state index is 0.130.